The molecule has 2 saturated heterocycles. The van der Waals surface area contributed by atoms with Crippen molar-refractivity contribution in [1.29, 1.82) is 0 Å². The fourth-order valence-corrected chi connectivity index (χ4v) is 7.44. The van der Waals surface area contributed by atoms with Gasteiger partial charge in [0.15, 0.2) is 5.03 Å². The Morgan fingerprint density at radius 2 is 1.83 bits per heavy atom. The molecule has 0 spiro atoms. The fourth-order valence-electron chi connectivity index (χ4n) is 6.01. The zero-order chi connectivity index (χ0) is 32.6. The molecule has 1 amide bonds. The van der Waals surface area contributed by atoms with E-state index in [1.165, 1.54) is 18.1 Å². The van der Waals surface area contributed by atoms with Gasteiger partial charge in [0.1, 0.15) is 6.17 Å². The third-order valence-corrected chi connectivity index (χ3v) is 10.4. The summed E-state index contributed by atoms with van der Waals surface area (Å²) in [6.45, 7) is 9.51. The van der Waals surface area contributed by atoms with Crippen molar-refractivity contribution in [2.75, 3.05) is 44.6 Å². The van der Waals surface area contributed by atoms with Gasteiger partial charge in [-0.05, 0) is 43.0 Å². The predicted molar refractivity (Wildman–Crippen MR) is 170 cm³/mol. The first-order valence-corrected chi connectivity index (χ1v) is 16.8. The van der Waals surface area contributed by atoms with Gasteiger partial charge >= 0.3 is 0 Å². The van der Waals surface area contributed by atoms with Gasteiger partial charge in [-0.15, -0.1) is 0 Å². The summed E-state index contributed by atoms with van der Waals surface area (Å²) in [6.07, 6.45) is 6.97. The number of imidazole rings is 1. The number of piperazine rings is 1. The molecule has 244 valence electrons. The Balaban J connectivity index is 1.11. The summed E-state index contributed by atoms with van der Waals surface area (Å²) in [5.41, 5.74) is 5.56. The lowest BCUT2D eigenvalue weighted by molar-refractivity contribution is -0.130. The van der Waals surface area contributed by atoms with Crippen molar-refractivity contribution >= 4 is 21.9 Å². The summed E-state index contributed by atoms with van der Waals surface area (Å²) < 4.78 is 45.6. The molecule has 2 aliphatic rings. The average molecular weight is 651 g/mol. The van der Waals surface area contributed by atoms with Gasteiger partial charge < -0.3 is 14.8 Å². The third-order valence-electron chi connectivity index (χ3n) is 8.66. The molecule has 2 aliphatic heterocycles. The minimum Gasteiger partial charge on any atom is -0.348 e. The van der Waals surface area contributed by atoms with Gasteiger partial charge in [-0.25, -0.2) is 32.4 Å². The first kappa shape index (κ1) is 31.8. The van der Waals surface area contributed by atoms with E-state index in [4.69, 9.17) is 4.98 Å². The summed E-state index contributed by atoms with van der Waals surface area (Å²) in [7, 11) is -2.19. The zero-order valence-corrected chi connectivity index (χ0v) is 27.3. The first-order valence-electron chi connectivity index (χ1n) is 15.3. The SMILES string of the molecule is CC(=O)N1CCN(Cc2ccc(-n3cc(-c4nc(N[C@H]5CCN(S(=O)(=O)c6cn(C)cn6)C[C@H]5F)ncc4C)cn3)c(C)c2)CC1. The van der Waals surface area contributed by atoms with Crippen LogP contribution in [0, 0.1) is 13.8 Å². The van der Waals surface area contributed by atoms with Crippen LogP contribution in [0.5, 0.6) is 0 Å². The van der Waals surface area contributed by atoms with E-state index in [-0.39, 0.29) is 36.4 Å². The number of piperidine rings is 1. The quantitative estimate of drug-likeness (QED) is 0.305. The Hall–Kier alpha value is -4.21. The van der Waals surface area contributed by atoms with E-state index < -0.39 is 22.2 Å². The Labute approximate surface area is 268 Å². The van der Waals surface area contributed by atoms with Gasteiger partial charge in [-0.2, -0.15) is 9.40 Å². The van der Waals surface area contributed by atoms with Crippen molar-refractivity contribution in [3.8, 4) is 16.9 Å². The second-order valence-corrected chi connectivity index (χ2v) is 14.0. The molecule has 2 atom stereocenters. The Bertz CT molecular complexity index is 1830. The molecule has 0 saturated carbocycles. The molecular formula is C31H39FN10O3S. The summed E-state index contributed by atoms with van der Waals surface area (Å²) in [6, 6.07) is 5.70. The maximum absolute atomic E-state index is 15.3. The predicted octanol–water partition coefficient (Wildman–Crippen LogP) is 2.56. The molecule has 46 heavy (non-hydrogen) atoms. The van der Waals surface area contributed by atoms with Gasteiger partial charge in [0.25, 0.3) is 10.0 Å². The second kappa shape index (κ2) is 12.9. The van der Waals surface area contributed by atoms with Crippen molar-refractivity contribution in [2.24, 2.45) is 7.05 Å². The number of rotatable bonds is 8. The van der Waals surface area contributed by atoms with Gasteiger partial charge in [-0.1, -0.05) is 12.1 Å². The van der Waals surface area contributed by atoms with Crippen LogP contribution in [0.15, 0.2) is 54.3 Å². The van der Waals surface area contributed by atoms with Gasteiger partial charge in [0.05, 0.1) is 29.9 Å². The number of alkyl halides is 1. The number of anilines is 1. The molecule has 6 rings (SSSR count). The maximum atomic E-state index is 15.3. The summed E-state index contributed by atoms with van der Waals surface area (Å²) >= 11 is 0. The molecule has 5 heterocycles. The number of aryl methyl sites for hydroxylation is 3. The molecule has 4 aromatic rings. The molecule has 0 radical (unpaired) electrons. The Morgan fingerprint density at radius 1 is 1.04 bits per heavy atom. The number of carbonyl (C=O) groups is 1. The van der Waals surface area contributed by atoms with Crippen molar-refractivity contribution < 1.29 is 17.6 Å². The number of hydrogen-bond donors (Lipinski definition) is 1. The van der Waals surface area contributed by atoms with Crippen LogP contribution in [0.3, 0.4) is 0 Å². The van der Waals surface area contributed by atoms with Gasteiger partial charge in [0.2, 0.25) is 11.9 Å². The molecule has 1 aromatic carbocycles. The average Bonchev–Trinajstić information content (AvgIpc) is 3.69. The molecule has 1 N–H and O–H groups in total. The van der Waals surface area contributed by atoms with Crippen LogP contribution in [-0.4, -0.2) is 109 Å². The topological polar surface area (TPSA) is 134 Å². The standard InChI is InChI=1S/C31H39FN10O3S/c1-21-13-24(16-39-9-11-40(12-10-39)23(3)43)5-6-28(21)42-17-25(15-35-42)30-22(2)14-33-31(37-30)36-27-7-8-41(18-26(27)32)46(44,45)29-19-38(4)20-34-29/h5-6,13-15,17,19-20,26-27H,7-12,16,18H2,1-4H3,(H,33,36,37)/t26-,27+/m1/s1. The van der Waals surface area contributed by atoms with Crippen LogP contribution in [0.4, 0.5) is 10.3 Å². The van der Waals surface area contributed by atoms with Gasteiger partial charge in [-0.3, -0.25) is 9.69 Å². The highest BCUT2D eigenvalue weighted by molar-refractivity contribution is 7.89. The lowest BCUT2D eigenvalue weighted by Crippen LogP contribution is -2.50. The molecule has 15 heteroatoms. The highest BCUT2D eigenvalue weighted by atomic mass is 32.2. The maximum Gasteiger partial charge on any atom is 0.262 e. The first-order chi connectivity index (χ1) is 22.0. The number of halogens is 1. The van der Waals surface area contributed by atoms with Crippen molar-refractivity contribution in [2.45, 2.75) is 51.0 Å². The summed E-state index contributed by atoms with van der Waals surface area (Å²) in [4.78, 5) is 28.9. The highest BCUT2D eigenvalue weighted by Gasteiger charge is 2.37. The van der Waals surface area contributed by atoms with E-state index in [0.717, 1.165) is 59.4 Å². The molecule has 0 bridgehead atoms. The number of benzene rings is 1. The van der Waals surface area contributed by atoms with Gasteiger partial charge in [0, 0.05) is 83.9 Å². The minimum atomic E-state index is -3.88. The zero-order valence-electron chi connectivity index (χ0n) is 26.5. The van der Waals surface area contributed by atoms with Crippen LogP contribution in [0.1, 0.15) is 30.0 Å². The molecule has 2 fully saturated rings. The lowest BCUT2D eigenvalue weighted by Gasteiger charge is -2.34. The number of carbonyl (C=O) groups excluding carboxylic acids is 1. The van der Waals surface area contributed by atoms with Crippen LogP contribution in [-0.2, 0) is 28.4 Å². The lowest BCUT2D eigenvalue weighted by atomic mass is 10.1. The van der Waals surface area contributed by atoms with E-state index in [2.05, 4.69) is 50.4 Å². The monoisotopic (exact) mass is 650 g/mol. The largest absolute Gasteiger partial charge is 0.348 e. The number of nitrogens with zero attached hydrogens (tertiary/aromatic N) is 9. The molecule has 0 aliphatic carbocycles. The molecule has 0 unspecified atom stereocenters. The third kappa shape index (κ3) is 6.66. The summed E-state index contributed by atoms with van der Waals surface area (Å²) in [5.74, 6) is 0.399. The highest BCUT2D eigenvalue weighted by Crippen LogP contribution is 2.27. The summed E-state index contributed by atoms with van der Waals surface area (Å²) in [5, 5.41) is 7.61. The van der Waals surface area contributed by atoms with Crippen molar-refractivity contribution in [3.05, 3.63) is 66.0 Å². The number of amides is 1. The van der Waals surface area contributed by atoms with E-state index in [1.807, 2.05) is 22.7 Å². The van der Waals surface area contributed by atoms with Crippen molar-refractivity contribution in [3.63, 3.8) is 0 Å². The van der Waals surface area contributed by atoms with Crippen LogP contribution in [0.2, 0.25) is 0 Å². The normalized spacial score (nSPS) is 19.8. The van der Waals surface area contributed by atoms with E-state index in [0.29, 0.717) is 5.69 Å². The fraction of sp³-hybridized carbons (Fsp3) is 0.452. The number of sulfonamides is 1. The van der Waals surface area contributed by atoms with E-state index >= 15 is 4.39 Å². The number of hydrogen-bond acceptors (Lipinski definition) is 9. The number of nitrogens with one attached hydrogen (secondary N) is 1. The van der Waals surface area contributed by atoms with Crippen LogP contribution >= 0.6 is 0 Å². The Morgan fingerprint density at radius 3 is 2.50 bits per heavy atom. The molecule has 13 nitrogen and oxygen atoms in total. The van der Waals surface area contributed by atoms with Crippen LogP contribution < -0.4 is 5.32 Å². The van der Waals surface area contributed by atoms with E-state index in [9.17, 15) is 13.2 Å². The molecular weight excluding hydrogens is 611 g/mol. The van der Waals surface area contributed by atoms with Crippen molar-refractivity contribution in [1.82, 2.24) is 43.4 Å². The number of aromatic nitrogens is 6. The van der Waals surface area contributed by atoms with E-state index in [1.54, 1.807) is 30.9 Å². The minimum absolute atomic E-state index is 0.0903. The Kier molecular flexibility index (Phi) is 8.90. The second-order valence-electron chi connectivity index (χ2n) is 12.1. The van der Waals surface area contributed by atoms with Crippen LogP contribution in [0.25, 0.3) is 16.9 Å². The molecule has 3 aromatic heterocycles. The smallest absolute Gasteiger partial charge is 0.262 e.